The highest BCUT2D eigenvalue weighted by atomic mass is 16.5. The summed E-state index contributed by atoms with van der Waals surface area (Å²) >= 11 is 0. The molecule has 106 valence electrons. The molecule has 3 aromatic rings. The van der Waals surface area contributed by atoms with Gasteiger partial charge in [0.25, 0.3) is 5.88 Å². The van der Waals surface area contributed by atoms with Crippen LogP contribution in [0.1, 0.15) is 0 Å². The molecule has 2 aromatic carbocycles. The Morgan fingerprint density at radius 3 is 2.27 bits per heavy atom. The third-order valence-corrected chi connectivity index (χ3v) is 2.85. The molecule has 0 atom stereocenters. The second-order valence-corrected chi connectivity index (χ2v) is 4.28. The van der Waals surface area contributed by atoms with Crippen LogP contribution in [0.25, 0.3) is 21.7 Å². The van der Waals surface area contributed by atoms with Crippen molar-refractivity contribution in [2.24, 2.45) is 15.3 Å². The van der Waals surface area contributed by atoms with Gasteiger partial charge in [-0.2, -0.15) is 5.11 Å². The number of hydrogen-bond donors (Lipinski definition) is 0. The quantitative estimate of drug-likeness (QED) is 0.349. The van der Waals surface area contributed by atoms with Crippen LogP contribution in [-0.2, 0) is 0 Å². The van der Waals surface area contributed by atoms with Gasteiger partial charge in [-0.15, -0.1) is 5.11 Å². The Morgan fingerprint density at radius 1 is 0.909 bits per heavy atom. The lowest BCUT2D eigenvalue weighted by molar-refractivity contribution is 0.432. The number of benzene rings is 2. The average Bonchev–Trinajstić information content (AvgIpc) is 2.98. The van der Waals surface area contributed by atoms with Gasteiger partial charge in [0.15, 0.2) is 5.69 Å². The molecule has 0 fully saturated rings. The van der Waals surface area contributed by atoms with Crippen LogP contribution in [0.4, 0.5) is 17.3 Å². The second-order valence-electron chi connectivity index (χ2n) is 4.28. The standard InChI is InChI=1S/C15H10N6O/c16-21-19-15-14(18-17-12-9-5-2-6-10-12)13(20-22-15)11-7-3-1-4-8-11/h1-10H. The number of nitrogens with zero attached hydrogens (tertiary/aromatic N) is 6. The number of azo groups is 1. The fourth-order valence-corrected chi connectivity index (χ4v) is 1.86. The molecular formula is C15H10N6O. The smallest absolute Gasteiger partial charge is 0.251 e. The van der Waals surface area contributed by atoms with Crippen molar-refractivity contribution >= 4 is 17.3 Å². The summed E-state index contributed by atoms with van der Waals surface area (Å²) in [4.78, 5) is 2.72. The maximum Gasteiger partial charge on any atom is 0.251 e. The molecule has 7 nitrogen and oxygen atoms in total. The van der Waals surface area contributed by atoms with Crippen molar-refractivity contribution < 1.29 is 4.52 Å². The first-order valence-electron chi connectivity index (χ1n) is 6.45. The van der Waals surface area contributed by atoms with Gasteiger partial charge in [-0.3, -0.25) is 0 Å². The molecule has 0 amide bonds. The lowest BCUT2D eigenvalue weighted by Gasteiger charge is -1.96. The first kappa shape index (κ1) is 13.5. The van der Waals surface area contributed by atoms with Crippen molar-refractivity contribution in [1.82, 2.24) is 5.16 Å². The van der Waals surface area contributed by atoms with E-state index in [-0.39, 0.29) is 5.88 Å². The van der Waals surface area contributed by atoms with E-state index in [4.69, 9.17) is 10.1 Å². The number of rotatable bonds is 4. The van der Waals surface area contributed by atoms with Crippen LogP contribution in [0.5, 0.6) is 0 Å². The van der Waals surface area contributed by atoms with Crippen LogP contribution in [-0.4, -0.2) is 5.16 Å². The fourth-order valence-electron chi connectivity index (χ4n) is 1.86. The van der Waals surface area contributed by atoms with Crippen LogP contribution in [0.2, 0.25) is 0 Å². The maximum atomic E-state index is 8.61. The maximum absolute atomic E-state index is 8.61. The number of azide groups is 1. The molecule has 0 saturated carbocycles. The Balaban J connectivity index is 2.06. The molecule has 1 aromatic heterocycles. The predicted octanol–water partition coefficient (Wildman–Crippen LogP) is 5.70. The van der Waals surface area contributed by atoms with Gasteiger partial charge in [-0.05, 0) is 22.8 Å². The molecule has 0 aliphatic carbocycles. The third-order valence-electron chi connectivity index (χ3n) is 2.85. The average molecular weight is 290 g/mol. The van der Waals surface area contributed by atoms with E-state index in [2.05, 4.69) is 25.4 Å². The zero-order valence-corrected chi connectivity index (χ0v) is 11.4. The summed E-state index contributed by atoms with van der Waals surface area (Å²) in [5.41, 5.74) is 10.9. The van der Waals surface area contributed by atoms with Crippen molar-refractivity contribution in [3.8, 4) is 11.3 Å². The first-order chi connectivity index (χ1) is 10.9. The molecule has 0 bridgehead atoms. The molecule has 0 saturated heterocycles. The Labute approximate surface area is 125 Å². The van der Waals surface area contributed by atoms with Gasteiger partial charge in [-0.1, -0.05) is 53.7 Å². The van der Waals surface area contributed by atoms with E-state index >= 15 is 0 Å². The van der Waals surface area contributed by atoms with Gasteiger partial charge in [0, 0.05) is 10.5 Å². The first-order valence-corrected chi connectivity index (χ1v) is 6.45. The van der Waals surface area contributed by atoms with Crippen LogP contribution in [0, 0.1) is 0 Å². The van der Waals surface area contributed by atoms with Gasteiger partial charge in [0.2, 0.25) is 0 Å². The topological polar surface area (TPSA) is 99.5 Å². The van der Waals surface area contributed by atoms with Crippen molar-refractivity contribution in [2.75, 3.05) is 0 Å². The summed E-state index contributed by atoms with van der Waals surface area (Å²) in [6, 6.07) is 18.6. The van der Waals surface area contributed by atoms with Crippen molar-refractivity contribution in [3.05, 3.63) is 71.1 Å². The largest absolute Gasteiger partial charge is 0.351 e. The highest BCUT2D eigenvalue weighted by molar-refractivity contribution is 5.77. The lowest BCUT2D eigenvalue weighted by Crippen LogP contribution is -1.76. The molecule has 0 N–H and O–H groups in total. The molecule has 1 heterocycles. The van der Waals surface area contributed by atoms with E-state index in [1.54, 1.807) is 0 Å². The fraction of sp³-hybridized carbons (Fsp3) is 0. The minimum atomic E-state index is -0.0129. The predicted molar refractivity (Wildman–Crippen MR) is 81.4 cm³/mol. The molecule has 7 heteroatoms. The minimum absolute atomic E-state index is 0.0129. The molecule has 0 aliphatic heterocycles. The van der Waals surface area contributed by atoms with Crippen LogP contribution >= 0.6 is 0 Å². The molecule has 3 rings (SSSR count). The van der Waals surface area contributed by atoms with E-state index in [9.17, 15) is 0 Å². The van der Waals surface area contributed by atoms with Gasteiger partial charge in [0.05, 0.1) is 5.69 Å². The molecule has 0 radical (unpaired) electrons. The van der Waals surface area contributed by atoms with Crippen LogP contribution in [0.3, 0.4) is 0 Å². The number of hydrogen-bond acceptors (Lipinski definition) is 5. The highest BCUT2D eigenvalue weighted by Gasteiger charge is 2.16. The Kier molecular flexibility index (Phi) is 3.90. The van der Waals surface area contributed by atoms with E-state index in [0.29, 0.717) is 17.1 Å². The monoisotopic (exact) mass is 290 g/mol. The minimum Gasteiger partial charge on any atom is -0.351 e. The van der Waals surface area contributed by atoms with Crippen molar-refractivity contribution in [1.29, 1.82) is 0 Å². The lowest BCUT2D eigenvalue weighted by atomic mass is 10.1. The van der Waals surface area contributed by atoms with Crippen LogP contribution < -0.4 is 0 Å². The molecule has 22 heavy (non-hydrogen) atoms. The van der Waals surface area contributed by atoms with Gasteiger partial charge in [-0.25, -0.2) is 0 Å². The Hall–Kier alpha value is -3.44. The van der Waals surface area contributed by atoms with Crippen molar-refractivity contribution in [3.63, 3.8) is 0 Å². The number of aromatic nitrogens is 1. The van der Waals surface area contributed by atoms with E-state index in [1.807, 2.05) is 60.7 Å². The normalized spacial score (nSPS) is 10.5. The summed E-state index contributed by atoms with van der Waals surface area (Å²) < 4.78 is 5.05. The Morgan fingerprint density at radius 2 is 1.59 bits per heavy atom. The Bertz CT molecular complexity index is 835. The highest BCUT2D eigenvalue weighted by Crippen LogP contribution is 2.39. The molecular weight excluding hydrogens is 280 g/mol. The zero-order valence-electron chi connectivity index (χ0n) is 11.4. The summed E-state index contributed by atoms with van der Waals surface area (Å²) in [5, 5.41) is 15.6. The SMILES string of the molecule is [N-]=[N+]=Nc1onc(-c2ccccc2)c1N=Nc1ccccc1. The molecule has 0 spiro atoms. The van der Waals surface area contributed by atoms with E-state index < -0.39 is 0 Å². The van der Waals surface area contributed by atoms with E-state index in [1.165, 1.54) is 0 Å². The third kappa shape index (κ3) is 2.84. The molecule has 0 unspecified atom stereocenters. The zero-order chi connectivity index (χ0) is 15.2. The summed E-state index contributed by atoms with van der Waals surface area (Å²) in [7, 11) is 0. The second kappa shape index (κ2) is 6.34. The summed E-state index contributed by atoms with van der Waals surface area (Å²) in [6.45, 7) is 0. The van der Waals surface area contributed by atoms with E-state index in [0.717, 1.165) is 5.56 Å². The molecule has 0 aliphatic rings. The van der Waals surface area contributed by atoms with Gasteiger partial charge < -0.3 is 4.52 Å². The summed E-state index contributed by atoms with van der Waals surface area (Å²) in [5.74, 6) is -0.0129. The summed E-state index contributed by atoms with van der Waals surface area (Å²) in [6.07, 6.45) is 0. The van der Waals surface area contributed by atoms with Crippen LogP contribution in [0.15, 0.2) is 80.5 Å². The van der Waals surface area contributed by atoms with Gasteiger partial charge >= 0.3 is 0 Å². The van der Waals surface area contributed by atoms with Gasteiger partial charge in [0.1, 0.15) is 5.69 Å². The van der Waals surface area contributed by atoms with Crippen molar-refractivity contribution in [2.45, 2.75) is 0 Å².